The van der Waals surface area contributed by atoms with Gasteiger partial charge in [0.25, 0.3) is 0 Å². The summed E-state index contributed by atoms with van der Waals surface area (Å²) in [6.07, 6.45) is 6.26. The van der Waals surface area contributed by atoms with Gasteiger partial charge in [0.05, 0.1) is 0 Å². The fourth-order valence-corrected chi connectivity index (χ4v) is 3.79. The van der Waals surface area contributed by atoms with Crippen LogP contribution in [0.25, 0.3) is 0 Å². The molecule has 1 aromatic carbocycles. The summed E-state index contributed by atoms with van der Waals surface area (Å²) in [5.41, 5.74) is 0. The molecule has 1 fully saturated rings. The molecular weight excluding hydrogens is 332 g/mol. The number of carbonyl (C=O) groups is 1. The fourth-order valence-electron chi connectivity index (χ4n) is 2.92. The van der Waals surface area contributed by atoms with Gasteiger partial charge >= 0.3 is 0 Å². The van der Waals surface area contributed by atoms with Crippen molar-refractivity contribution >= 4 is 23.6 Å². The minimum atomic E-state index is 0.150. The molecule has 1 N–H and O–H groups in total. The molecule has 5 nitrogen and oxygen atoms in total. The van der Waals surface area contributed by atoms with Crippen LogP contribution < -0.4 is 10.2 Å². The topological polar surface area (TPSA) is 58.1 Å². The zero-order valence-electron chi connectivity index (χ0n) is 14.3. The Morgan fingerprint density at radius 2 is 1.84 bits per heavy atom. The van der Waals surface area contributed by atoms with Crippen LogP contribution in [0, 0.1) is 5.92 Å². The van der Waals surface area contributed by atoms with Crippen molar-refractivity contribution in [1.82, 2.24) is 15.3 Å². The van der Waals surface area contributed by atoms with Gasteiger partial charge in [0, 0.05) is 49.1 Å². The van der Waals surface area contributed by atoms with Gasteiger partial charge in [-0.25, -0.2) is 9.97 Å². The first-order chi connectivity index (χ1) is 12.3. The summed E-state index contributed by atoms with van der Waals surface area (Å²) in [6, 6.07) is 12.0. The van der Waals surface area contributed by atoms with E-state index in [4.69, 9.17) is 0 Å². The van der Waals surface area contributed by atoms with Crippen molar-refractivity contribution in [3.8, 4) is 0 Å². The van der Waals surface area contributed by atoms with Gasteiger partial charge < -0.3 is 10.2 Å². The third kappa shape index (κ3) is 5.74. The van der Waals surface area contributed by atoms with Crippen LogP contribution in [0.4, 0.5) is 5.95 Å². The number of piperidine rings is 1. The second kappa shape index (κ2) is 9.42. The molecule has 0 atom stereocenters. The van der Waals surface area contributed by atoms with E-state index in [1.807, 2.05) is 24.3 Å². The molecule has 25 heavy (non-hydrogen) atoms. The van der Waals surface area contributed by atoms with E-state index in [0.29, 0.717) is 12.3 Å². The summed E-state index contributed by atoms with van der Waals surface area (Å²) in [7, 11) is 0. The van der Waals surface area contributed by atoms with Gasteiger partial charge in [-0.15, -0.1) is 11.8 Å². The van der Waals surface area contributed by atoms with E-state index in [0.717, 1.165) is 44.2 Å². The van der Waals surface area contributed by atoms with E-state index < -0.39 is 0 Å². The lowest BCUT2D eigenvalue weighted by Gasteiger charge is -2.31. The second-order valence-electron chi connectivity index (χ2n) is 6.19. The smallest absolute Gasteiger partial charge is 0.225 e. The summed E-state index contributed by atoms with van der Waals surface area (Å²) >= 11 is 1.73. The van der Waals surface area contributed by atoms with Crippen LogP contribution in [0.15, 0.2) is 53.7 Å². The molecule has 1 aliphatic heterocycles. The van der Waals surface area contributed by atoms with E-state index in [-0.39, 0.29) is 5.91 Å². The third-order valence-corrected chi connectivity index (χ3v) is 5.39. The quantitative estimate of drug-likeness (QED) is 0.773. The van der Waals surface area contributed by atoms with Gasteiger partial charge in [0.1, 0.15) is 0 Å². The van der Waals surface area contributed by atoms with E-state index >= 15 is 0 Å². The Morgan fingerprint density at radius 1 is 1.12 bits per heavy atom. The van der Waals surface area contributed by atoms with Crippen LogP contribution in [0.5, 0.6) is 0 Å². The first-order valence-corrected chi connectivity index (χ1v) is 9.76. The average molecular weight is 356 g/mol. The van der Waals surface area contributed by atoms with E-state index in [1.165, 1.54) is 4.90 Å². The molecule has 1 aliphatic rings. The standard InChI is InChI=1S/C19H24N4OS/c24-18(9-14-25-17-5-2-1-3-6-17)22-15-16-7-12-23(13-8-16)19-20-10-4-11-21-19/h1-6,10-11,16H,7-9,12-15H2,(H,22,24). The Labute approximate surface area is 153 Å². The van der Waals surface area contributed by atoms with E-state index in [2.05, 4.69) is 32.3 Å². The number of amides is 1. The Hall–Kier alpha value is -2.08. The number of thioether (sulfide) groups is 1. The zero-order chi connectivity index (χ0) is 17.3. The van der Waals surface area contributed by atoms with Gasteiger partial charge in [-0.3, -0.25) is 4.79 Å². The van der Waals surface area contributed by atoms with Crippen molar-refractivity contribution in [2.75, 3.05) is 30.3 Å². The Morgan fingerprint density at radius 3 is 2.56 bits per heavy atom. The van der Waals surface area contributed by atoms with E-state index in [1.54, 1.807) is 24.2 Å². The normalized spacial score (nSPS) is 15.1. The lowest BCUT2D eigenvalue weighted by Crippen LogP contribution is -2.39. The van der Waals surface area contributed by atoms with Gasteiger partial charge in [-0.2, -0.15) is 0 Å². The molecule has 1 aromatic heterocycles. The minimum Gasteiger partial charge on any atom is -0.356 e. The molecule has 0 saturated carbocycles. The summed E-state index contributed by atoms with van der Waals surface area (Å²) in [5.74, 6) is 2.32. The van der Waals surface area contributed by atoms with Crippen LogP contribution in [0.2, 0.25) is 0 Å². The average Bonchev–Trinajstić information content (AvgIpc) is 2.68. The SMILES string of the molecule is O=C(CCSc1ccccc1)NCC1CCN(c2ncccn2)CC1. The highest BCUT2D eigenvalue weighted by atomic mass is 32.2. The number of nitrogens with one attached hydrogen (secondary N) is 1. The predicted molar refractivity (Wildman–Crippen MR) is 102 cm³/mol. The Balaban J connectivity index is 1.31. The van der Waals surface area contributed by atoms with Gasteiger partial charge in [-0.1, -0.05) is 18.2 Å². The lowest BCUT2D eigenvalue weighted by atomic mass is 9.97. The number of nitrogens with zero attached hydrogens (tertiary/aromatic N) is 3. The summed E-state index contributed by atoms with van der Waals surface area (Å²) in [6.45, 7) is 2.68. The number of rotatable bonds is 7. The molecule has 2 heterocycles. The third-order valence-electron chi connectivity index (χ3n) is 4.38. The Kier molecular flexibility index (Phi) is 6.68. The molecule has 3 rings (SSSR count). The number of aromatic nitrogens is 2. The lowest BCUT2D eigenvalue weighted by molar-refractivity contribution is -0.120. The van der Waals surface area contributed by atoms with Crippen LogP contribution >= 0.6 is 11.8 Å². The molecule has 0 radical (unpaired) electrons. The maximum absolute atomic E-state index is 12.0. The minimum absolute atomic E-state index is 0.150. The molecular formula is C19H24N4OS. The van der Waals surface area contributed by atoms with Crippen molar-refractivity contribution in [3.05, 3.63) is 48.8 Å². The monoisotopic (exact) mass is 356 g/mol. The van der Waals surface area contributed by atoms with Crippen molar-refractivity contribution < 1.29 is 4.79 Å². The fraction of sp³-hybridized carbons (Fsp3) is 0.421. The van der Waals surface area contributed by atoms with Gasteiger partial charge in [0.15, 0.2) is 0 Å². The van der Waals surface area contributed by atoms with Crippen LogP contribution in [-0.2, 0) is 4.79 Å². The summed E-state index contributed by atoms with van der Waals surface area (Å²) < 4.78 is 0. The van der Waals surface area contributed by atoms with Crippen LogP contribution in [-0.4, -0.2) is 41.3 Å². The highest BCUT2D eigenvalue weighted by Crippen LogP contribution is 2.20. The van der Waals surface area contributed by atoms with Crippen molar-refractivity contribution in [1.29, 1.82) is 0 Å². The molecule has 1 amide bonds. The van der Waals surface area contributed by atoms with Gasteiger partial charge in [-0.05, 0) is 37.0 Å². The number of anilines is 1. The van der Waals surface area contributed by atoms with Crippen molar-refractivity contribution in [2.24, 2.45) is 5.92 Å². The zero-order valence-corrected chi connectivity index (χ0v) is 15.1. The maximum atomic E-state index is 12.0. The molecule has 0 bridgehead atoms. The first-order valence-electron chi connectivity index (χ1n) is 8.78. The first kappa shape index (κ1) is 17.7. The molecule has 0 spiro atoms. The largest absolute Gasteiger partial charge is 0.356 e. The molecule has 2 aromatic rings. The molecule has 0 unspecified atom stereocenters. The molecule has 6 heteroatoms. The van der Waals surface area contributed by atoms with Crippen molar-refractivity contribution in [3.63, 3.8) is 0 Å². The molecule has 1 saturated heterocycles. The van der Waals surface area contributed by atoms with Crippen LogP contribution in [0.3, 0.4) is 0 Å². The number of hydrogen-bond acceptors (Lipinski definition) is 5. The highest BCUT2D eigenvalue weighted by Gasteiger charge is 2.21. The highest BCUT2D eigenvalue weighted by molar-refractivity contribution is 7.99. The Bertz CT molecular complexity index is 645. The molecule has 0 aliphatic carbocycles. The van der Waals surface area contributed by atoms with Crippen LogP contribution in [0.1, 0.15) is 19.3 Å². The summed E-state index contributed by atoms with van der Waals surface area (Å²) in [5, 5.41) is 3.09. The number of benzene rings is 1. The second-order valence-corrected chi connectivity index (χ2v) is 7.36. The molecule has 132 valence electrons. The predicted octanol–water partition coefficient (Wildman–Crippen LogP) is 2.99. The summed E-state index contributed by atoms with van der Waals surface area (Å²) in [4.78, 5) is 24.0. The number of carbonyl (C=O) groups excluding carboxylic acids is 1. The van der Waals surface area contributed by atoms with Crippen molar-refractivity contribution in [2.45, 2.75) is 24.2 Å². The number of hydrogen-bond donors (Lipinski definition) is 1. The van der Waals surface area contributed by atoms with E-state index in [9.17, 15) is 4.79 Å². The van der Waals surface area contributed by atoms with Gasteiger partial charge in [0.2, 0.25) is 11.9 Å². The maximum Gasteiger partial charge on any atom is 0.225 e.